The molecule has 1 aliphatic heterocycles. The van der Waals surface area contributed by atoms with Gasteiger partial charge < -0.3 is 9.64 Å². The summed E-state index contributed by atoms with van der Waals surface area (Å²) in [5.74, 6) is -7.47. The molecule has 0 saturated heterocycles. The van der Waals surface area contributed by atoms with Crippen molar-refractivity contribution >= 4 is 13.8 Å². The molecule has 1 heterocycles. The summed E-state index contributed by atoms with van der Waals surface area (Å²) in [5.41, 5.74) is 2.93. The summed E-state index contributed by atoms with van der Waals surface area (Å²) in [5, 5.41) is 0. The first kappa shape index (κ1) is 38.4. The zero-order chi connectivity index (χ0) is 38.8. The second-order valence-corrected chi connectivity index (χ2v) is 23.1. The smallest absolute Gasteiger partial charge is 0.200 e. The van der Waals surface area contributed by atoms with E-state index in [0.717, 1.165) is 55.1 Å². The van der Waals surface area contributed by atoms with Crippen molar-refractivity contribution in [2.24, 2.45) is 35.5 Å². The molecular weight excluding hydrogens is 718 g/mol. The molecule has 55 heavy (non-hydrogen) atoms. The van der Waals surface area contributed by atoms with E-state index in [1.54, 1.807) is 0 Å². The van der Waals surface area contributed by atoms with Crippen LogP contribution in [-0.2, 0) is 11.3 Å². The Morgan fingerprint density at radius 3 is 1.73 bits per heavy atom. The Kier molecular flexibility index (Phi) is 10.3. The molecule has 2 aromatic carbocycles. The molecule has 8 rings (SSSR count). The summed E-state index contributed by atoms with van der Waals surface area (Å²) in [7, 11) is -2.38. The average molecular weight is 772 g/mol. The molecule has 0 N–H and O–H groups in total. The van der Waals surface area contributed by atoms with Crippen LogP contribution in [-0.4, -0.2) is 26.3 Å². The fourth-order valence-electron chi connectivity index (χ4n) is 12.0. The largest absolute Gasteiger partial charge is 0.376 e. The summed E-state index contributed by atoms with van der Waals surface area (Å²) >= 11 is 0. The van der Waals surface area contributed by atoms with Gasteiger partial charge in [0.1, 0.15) is 0 Å². The van der Waals surface area contributed by atoms with Gasteiger partial charge in [0.15, 0.2) is 23.3 Å². The number of benzene rings is 2. The number of aryl methyl sites for hydroxylation is 1. The molecule has 8 heteroatoms. The zero-order valence-electron chi connectivity index (χ0n) is 32.6. The number of anilines is 1. The number of halogens is 5. The maximum absolute atomic E-state index is 15.5. The highest BCUT2D eigenvalue weighted by Crippen LogP contribution is 2.70. The van der Waals surface area contributed by atoms with Crippen LogP contribution in [0.2, 0.25) is 23.7 Å². The molecule has 10 atom stereocenters. The molecular formula is C47H54F5NOSi. The Labute approximate surface area is 324 Å². The monoisotopic (exact) mass is 771 g/mol. The Balaban J connectivity index is 1.22. The molecule has 6 aliphatic rings. The van der Waals surface area contributed by atoms with Gasteiger partial charge in [0.25, 0.3) is 0 Å². The van der Waals surface area contributed by atoms with Gasteiger partial charge >= 0.3 is 0 Å². The SMILES string of the molecule is Cc1ccc2c(c1)C1C(C3C=CC=CC3C1[Si](C)(CCCCCCOC(C)(C)C)C1C3C=CC=CC3C3C=CC=CC31)N2Cc1c(F)c(F)c(F)c(F)c1F. The highest BCUT2D eigenvalue weighted by Gasteiger charge is 2.66. The third-order valence-electron chi connectivity index (χ3n) is 14.0. The number of hydrogen-bond donors (Lipinski definition) is 0. The van der Waals surface area contributed by atoms with Crippen molar-refractivity contribution in [3.63, 3.8) is 0 Å². The van der Waals surface area contributed by atoms with Gasteiger partial charge in [0.05, 0.1) is 13.7 Å². The fourth-order valence-corrected chi connectivity index (χ4v) is 18.9. The zero-order valence-corrected chi connectivity index (χ0v) is 33.6. The van der Waals surface area contributed by atoms with Crippen LogP contribution < -0.4 is 4.90 Å². The van der Waals surface area contributed by atoms with Gasteiger partial charge in [-0.05, 0) is 86.4 Å². The Morgan fingerprint density at radius 1 is 0.636 bits per heavy atom. The lowest BCUT2D eigenvalue weighted by molar-refractivity contribution is -0.00471. The molecule has 5 aliphatic carbocycles. The maximum Gasteiger partial charge on any atom is 0.200 e. The molecule has 2 saturated carbocycles. The van der Waals surface area contributed by atoms with Crippen molar-refractivity contribution in [3.8, 4) is 0 Å². The van der Waals surface area contributed by atoms with Crippen LogP contribution in [0.15, 0.2) is 91.1 Å². The second kappa shape index (κ2) is 14.8. The number of fused-ring (bicyclic) bond motifs is 8. The van der Waals surface area contributed by atoms with Crippen LogP contribution in [0.1, 0.15) is 69.1 Å². The predicted molar refractivity (Wildman–Crippen MR) is 214 cm³/mol. The maximum atomic E-state index is 15.5. The van der Waals surface area contributed by atoms with Gasteiger partial charge in [-0.25, -0.2) is 22.0 Å². The summed E-state index contributed by atoms with van der Waals surface area (Å²) in [6.07, 6.45) is 32.0. The lowest BCUT2D eigenvalue weighted by Gasteiger charge is -2.48. The summed E-state index contributed by atoms with van der Waals surface area (Å²) in [6, 6.07) is 7.21. The van der Waals surface area contributed by atoms with Crippen molar-refractivity contribution in [2.75, 3.05) is 11.5 Å². The van der Waals surface area contributed by atoms with Crippen LogP contribution in [0.25, 0.3) is 0 Å². The molecule has 2 aromatic rings. The molecule has 0 spiro atoms. The minimum absolute atomic E-state index is 0.0203. The lowest BCUT2D eigenvalue weighted by atomic mass is 9.83. The van der Waals surface area contributed by atoms with E-state index in [2.05, 4.69) is 113 Å². The van der Waals surface area contributed by atoms with Gasteiger partial charge in [-0.15, -0.1) is 0 Å². The molecule has 2 fully saturated rings. The van der Waals surface area contributed by atoms with E-state index in [9.17, 15) is 13.2 Å². The number of unbranched alkanes of at least 4 members (excludes halogenated alkanes) is 3. The van der Waals surface area contributed by atoms with E-state index >= 15 is 8.78 Å². The predicted octanol–water partition coefficient (Wildman–Crippen LogP) is 12.5. The minimum atomic E-state index is -2.38. The first-order valence-corrected chi connectivity index (χ1v) is 23.2. The van der Waals surface area contributed by atoms with E-state index in [1.165, 1.54) is 0 Å². The van der Waals surface area contributed by atoms with Crippen molar-refractivity contribution in [3.05, 3.63) is 137 Å². The Morgan fingerprint density at radius 2 is 1.15 bits per heavy atom. The molecule has 2 nitrogen and oxygen atoms in total. The Hall–Kier alpha value is -3.49. The van der Waals surface area contributed by atoms with E-state index in [0.29, 0.717) is 29.2 Å². The van der Waals surface area contributed by atoms with Crippen molar-refractivity contribution in [1.29, 1.82) is 0 Å². The minimum Gasteiger partial charge on any atom is -0.376 e. The van der Waals surface area contributed by atoms with E-state index in [4.69, 9.17) is 4.74 Å². The fraction of sp³-hybridized carbons (Fsp3) is 0.489. The molecule has 10 unspecified atom stereocenters. The second-order valence-electron chi connectivity index (χ2n) is 18.2. The van der Waals surface area contributed by atoms with E-state index < -0.39 is 49.3 Å². The third kappa shape index (κ3) is 6.57. The Bertz CT molecular complexity index is 1930. The standard InChI is InChI=1S/C47H54F5NOSi/c1-28-22-23-37-35(26-28)38-44(53(37)27-36-39(48)41(50)43(52)42(51)40(36)49)31-18-10-13-21-34(31)46(38)55(5,25-15-7-6-14-24-54-47(2,3)4)45-32-19-11-8-16-29(32)30-17-9-12-20-33(30)45/h8-13,16-23,26,29-34,38,44-46H,6-7,14-15,24-25,27H2,1-5H3. The first-order valence-electron chi connectivity index (χ1n) is 20.4. The summed E-state index contributed by atoms with van der Waals surface area (Å²) < 4.78 is 80.6. The van der Waals surface area contributed by atoms with Crippen LogP contribution in [0.3, 0.4) is 0 Å². The highest BCUT2D eigenvalue weighted by molar-refractivity contribution is 6.82. The summed E-state index contributed by atoms with van der Waals surface area (Å²) in [4.78, 5) is 2.00. The molecule has 0 radical (unpaired) electrons. The van der Waals surface area contributed by atoms with Gasteiger partial charge in [-0.3, -0.25) is 0 Å². The molecule has 0 bridgehead atoms. The highest BCUT2D eigenvalue weighted by atomic mass is 28.3. The van der Waals surface area contributed by atoms with Gasteiger partial charge in [-0.2, -0.15) is 0 Å². The van der Waals surface area contributed by atoms with Crippen LogP contribution in [0, 0.1) is 71.5 Å². The molecule has 0 aromatic heterocycles. The molecule has 0 amide bonds. The van der Waals surface area contributed by atoms with Crippen molar-refractivity contribution in [2.45, 2.75) is 101 Å². The van der Waals surface area contributed by atoms with Crippen molar-refractivity contribution < 1.29 is 26.7 Å². The number of allylic oxidation sites excluding steroid dienone is 11. The number of hydrogen-bond acceptors (Lipinski definition) is 2. The third-order valence-corrected chi connectivity index (χ3v) is 20.0. The molecule has 292 valence electrons. The van der Waals surface area contributed by atoms with Crippen LogP contribution in [0.4, 0.5) is 27.6 Å². The topological polar surface area (TPSA) is 12.5 Å². The lowest BCUT2D eigenvalue weighted by Crippen LogP contribution is -2.48. The van der Waals surface area contributed by atoms with E-state index in [1.807, 2.05) is 17.0 Å². The normalized spacial score (nSPS) is 32.1. The van der Waals surface area contributed by atoms with Crippen LogP contribution >= 0.6 is 0 Å². The van der Waals surface area contributed by atoms with Crippen LogP contribution in [0.5, 0.6) is 0 Å². The van der Waals surface area contributed by atoms with Gasteiger partial charge in [-0.1, -0.05) is 122 Å². The number of nitrogens with zero attached hydrogens (tertiary/aromatic N) is 1. The first-order chi connectivity index (χ1) is 26.3. The van der Waals surface area contributed by atoms with Crippen molar-refractivity contribution in [1.82, 2.24) is 0 Å². The van der Waals surface area contributed by atoms with Gasteiger partial charge in [0, 0.05) is 42.3 Å². The van der Waals surface area contributed by atoms with E-state index in [-0.39, 0.29) is 34.9 Å². The number of ether oxygens (including phenoxy) is 1. The quantitative estimate of drug-likeness (QED) is 0.0742. The summed E-state index contributed by atoms with van der Waals surface area (Å²) in [6.45, 7) is 11.4. The number of rotatable bonds is 11. The average Bonchev–Trinajstić information content (AvgIpc) is 3.80. The van der Waals surface area contributed by atoms with Gasteiger partial charge in [0.2, 0.25) is 5.82 Å².